The van der Waals surface area contributed by atoms with Crippen LogP contribution in [0.5, 0.6) is 5.75 Å². The molecule has 1 atom stereocenters. The van der Waals surface area contributed by atoms with Crippen molar-refractivity contribution in [3.8, 4) is 5.75 Å². The highest BCUT2D eigenvalue weighted by atomic mass is 35.5. The number of carbonyl (C=O) groups is 3. The predicted molar refractivity (Wildman–Crippen MR) is 94.0 cm³/mol. The largest absolute Gasteiger partial charge is 0.482 e. The van der Waals surface area contributed by atoms with E-state index in [1.807, 2.05) is 0 Å². The van der Waals surface area contributed by atoms with Gasteiger partial charge in [-0.3, -0.25) is 9.59 Å². The lowest BCUT2D eigenvalue weighted by Crippen LogP contribution is -2.32. The molecule has 0 saturated carbocycles. The Morgan fingerprint density at radius 3 is 2.56 bits per heavy atom. The van der Waals surface area contributed by atoms with Crippen molar-refractivity contribution >= 4 is 45.7 Å². The molecule has 0 bridgehead atoms. The van der Waals surface area contributed by atoms with Crippen LogP contribution in [0.25, 0.3) is 0 Å². The molecule has 7 nitrogen and oxygen atoms in total. The van der Waals surface area contributed by atoms with Crippen molar-refractivity contribution in [2.45, 2.75) is 13.0 Å². The Labute approximate surface area is 152 Å². The average molecular weight is 383 g/mol. The maximum atomic E-state index is 12.0. The van der Waals surface area contributed by atoms with E-state index in [9.17, 15) is 14.4 Å². The molecule has 132 valence electrons. The van der Waals surface area contributed by atoms with Crippen molar-refractivity contribution in [1.29, 1.82) is 0 Å². The molecule has 2 aromatic rings. The maximum Gasteiger partial charge on any atom is 0.344 e. The topological polar surface area (TPSA) is 108 Å². The molecule has 1 unspecified atom stereocenters. The summed E-state index contributed by atoms with van der Waals surface area (Å²) in [4.78, 5) is 35.0. The van der Waals surface area contributed by atoms with Crippen molar-refractivity contribution in [1.82, 2.24) is 0 Å². The summed E-state index contributed by atoms with van der Waals surface area (Å²) in [7, 11) is 0. The van der Waals surface area contributed by atoms with Crippen molar-refractivity contribution < 1.29 is 23.9 Å². The highest BCUT2D eigenvalue weighted by Gasteiger charge is 2.20. The molecule has 0 aliphatic rings. The Morgan fingerprint density at radius 2 is 1.92 bits per heavy atom. The number of anilines is 1. The first-order valence-electron chi connectivity index (χ1n) is 7.13. The van der Waals surface area contributed by atoms with Gasteiger partial charge < -0.3 is 20.5 Å². The third-order valence-electron chi connectivity index (χ3n) is 3.02. The molecule has 1 heterocycles. The van der Waals surface area contributed by atoms with Gasteiger partial charge in [-0.05, 0) is 42.6 Å². The number of hydrogen-bond donors (Lipinski definition) is 2. The second-order valence-corrected chi connectivity index (χ2v) is 6.24. The van der Waals surface area contributed by atoms with E-state index in [1.54, 1.807) is 29.6 Å². The Balaban J connectivity index is 1.83. The molecule has 3 N–H and O–H groups in total. The summed E-state index contributed by atoms with van der Waals surface area (Å²) < 4.78 is 10.2. The zero-order valence-electron chi connectivity index (χ0n) is 13.2. The van der Waals surface area contributed by atoms with Crippen LogP contribution in [0, 0.1) is 0 Å². The van der Waals surface area contributed by atoms with Crippen LogP contribution < -0.4 is 15.8 Å². The van der Waals surface area contributed by atoms with Crippen LogP contribution in [0.3, 0.4) is 0 Å². The number of primary amides is 1. The summed E-state index contributed by atoms with van der Waals surface area (Å²) in [6, 6.07) is 7.95. The number of hydrogen-bond acceptors (Lipinski definition) is 6. The molecule has 0 fully saturated rings. The second-order valence-electron chi connectivity index (χ2n) is 4.89. The molecule has 1 aromatic carbocycles. The Morgan fingerprint density at radius 1 is 1.24 bits per heavy atom. The summed E-state index contributed by atoms with van der Waals surface area (Å²) in [5.74, 6) is -1.50. The SMILES string of the molecule is CC(OC(=O)COc1ccc(Cl)cc1)C(=O)Nc1sccc1C(N)=O. The zero-order chi connectivity index (χ0) is 18.4. The zero-order valence-corrected chi connectivity index (χ0v) is 14.7. The van der Waals surface area contributed by atoms with Gasteiger partial charge in [0, 0.05) is 5.02 Å². The van der Waals surface area contributed by atoms with E-state index in [-0.39, 0.29) is 12.2 Å². The summed E-state index contributed by atoms with van der Waals surface area (Å²) in [6.45, 7) is 1.05. The fourth-order valence-corrected chi connectivity index (χ4v) is 2.69. The minimum atomic E-state index is -1.07. The summed E-state index contributed by atoms with van der Waals surface area (Å²) in [6.07, 6.45) is -1.07. The molecule has 0 aliphatic carbocycles. The lowest BCUT2D eigenvalue weighted by molar-refractivity contribution is -0.155. The normalized spacial score (nSPS) is 11.4. The number of nitrogens with one attached hydrogen (secondary N) is 1. The van der Waals surface area contributed by atoms with Gasteiger partial charge in [-0.2, -0.15) is 0 Å². The molecule has 0 saturated heterocycles. The fourth-order valence-electron chi connectivity index (χ4n) is 1.77. The van der Waals surface area contributed by atoms with Crippen LogP contribution in [-0.2, 0) is 14.3 Å². The van der Waals surface area contributed by atoms with Gasteiger partial charge in [-0.25, -0.2) is 4.79 Å². The molecule has 0 aliphatic heterocycles. The molecule has 2 amide bonds. The lowest BCUT2D eigenvalue weighted by atomic mass is 10.3. The highest BCUT2D eigenvalue weighted by Crippen LogP contribution is 2.23. The van der Waals surface area contributed by atoms with Crippen molar-refractivity contribution in [3.63, 3.8) is 0 Å². The Kier molecular flexibility index (Phi) is 6.37. The van der Waals surface area contributed by atoms with E-state index in [1.165, 1.54) is 13.0 Å². The number of amides is 2. The molecular formula is C16H15ClN2O5S. The van der Waals surface area contributed by atoms with Crippen molar-refractivity contribution in [3.05, 3.63) is 46.3 Å². The first-order chi connectivity index (χ1) is 11.9. The van der Waals surface area contributed by atoms with E-state index < -0.39 is 23.9 Å². The first kappa shape index (κ1) is 18.8. The van der Waals surface area contributed by atoms with Gasteiger partial charge in [0.25, 0.3) is 11.8 Å². The van der Waals surface area contributed by atoms with Gasteiger partial charge in [0.15, 0.2) is 12.7 Å². The number of thiophene rings is 1. The van der Waals surface area contributed by atoms with Gasteiger partial charge in [0.1, 0.15) is 10.8 Å². The second kappa shape index (κ2) is 8.50. The average Bonchev–Trinajstić information content (AvgIpc) is 3.02. The molecule has 9 heteroatoms. The van der Waals surface area contributed by atoms with Crippen LogP contribution in [0.1, 0.15) is 17.3 Å². The molecule has 1 aromatic heterocycles. The van der Waals surface area contributed by atoms with E-state index in [2.05, 4.69) is 5.32 Å². The minimum Gasteiger partial charge on any atom is -0.482 e. The summed E-state index contributed by atoms with van der Waals surface area (Å²) in [5, 5.41) is 4.97. The monoisotopic (exact) mass is 382 g/mol. The van der Waals surface area contributed by atoms with Crippen LogP contribution in [0.15, 0.2) is 35.7 Å². The fraction of sp³-hybridized carbons (Fsp3) is 0.188. The van der Waals surface area contributed by atoms with E-state index in [0.717, 1.165) is 11.3 Å². The Hall–Kier alpha value is -2.58. The Bertz CT molecular complexity index is 775. The van der Waals surface area contributed by atoms with Gasteiger partial charge in [0.05, 0.1) is 5.56 Å². The number of ether oxygens (including phenoxy) is 2. The quantitative estimate of drug-likeness (QED) is 0.715. The number of esters is 1. The van der Waals surface area contributed by atoms with Crippen molar-refractivity contribution in [2.24, 2.45) is 5.73 Å². The standard InChI is InChI=1S/C16H15ClN2O5S/c1-9(15(22)19-16-12(14(18)21)6-7-25-16)24-13(20)8-23-11-4-2-10(17)3-5-11/h2-7,9H,8H2,1H3,(H2,18,21)(H,19,22). The van der Waals surface area contributed by atoms with Crippen molar-refractivity contribution in [2.75, 3.05) is 11.9 Å². The van der Waals surface area contributed by atoms with Gasteiger partial charge >= 0.3 is 5.97 Å². The molecule has 0 radical (unpaired) electrons. The summed E-state index contributed by atoms with van der Waals surface area (Å²) in [5.41, 5.74) is 5.40. The lowest BCUT2D eigenvalue weighted by Gasteiger charge is -2.13. The number of nitrogens with two attached hydrogens (primary N) is 1. The van der Waals surface area contributed by atoms with E-state index in [0.29, 0.717) is 15.8 Å². The third kappa shape index (κ3) is 5.47. The van der Waals surface area contributed by atoms with Crippen LogP contribution in [-0.4, -0.2) is 30.5 Å². The molecular weight excluding hydrogens is 368 g/mol. The number of carbonyl (C=O) groups excluding carboxylic acids is 3. The van der Waals surface area contributed by atoms with Crippen LogP contribution >= 0.6 is 22.9 Å². The smallest absolute Gasteiger partial charge is 0.344 e. The molecule has 0 spiro atoms. The molecule has 25 heavy (non-hydrogen) atoms. The van der Waals surface area contributed by atoms with Gasteiger partial charge in [-0.15, -0.1) is 11.3 Å². The number of halogens is 1. The van der Waals surface area contributed by atoms with Gasteiger partial charge in [-0.1, -0.05) is 11.6 Å². The number of benzene rings is 1. The van der Waals surface area contributed by atoms with E-state index in [4.69, 9.17) is 26.8 Å². The summed E-state index contributed by atoms with van der Waals surface area (Å²) >= 11 is 6.89. The highest BCUT2D eigenvalue weighted by molar-refractivity contribution is 7.14. The maximum absolute atomic E-state index is 12.0. The number of rotatable bonds is 7. The predicted octanol–water partition coefficient (Wildman–Crippen LogP) is 2.45. The van der Waals surface area contributed by atoms with Crippen LogP contribution in [0.2, 0.25) is 5.02 Å². The minimum absolute atomic E-state index is 0.197. The first-order valence-corrected chi connectivity index (χ1v) is 8.38. The van der Waals surface area contributed by atoms with Crippen LogP contribution in [0.4, 0.5) is 5.00 Å². The van der Waals surface area contributed by atoms with Gasteiger partial charge in [0.2, 0.25) is 0 Å². The molecule has 2 rings (SSSR count). The van der Waals surface area contributed by atoms with E-state index >= 15 is 0 Å². The third-order valence-corrected chi connectivity index (χ3v) is 4.10.